The third kappa shape index (κ3) is 7.44. The number of amides is 1. The average molecular weight is 362 g/mol. The first-order valence-electron chi connectivity index (χ1n) is 9.40. The van der Waals surface area contributed by atoms with Crippen LogP contribution in [0.4, 0.5) is 0 Å². The van der Waals surface area contributed by atoms with Crippen LogP contribution in [-0.2, 0) is 17.9 Å². The van der Waals surface area contributed by atoms with Gasteiger partial charge in [-0.2, -0.15) is 0 Å². The van der Waals surface area contributed by atoms with E-state index >= 15 is 0 Å². The summed E-state index contributed by atoms with van der Waals surface area (Å²) in [5, 5.41) is 3.27. The highest BCUT2D eigenvalue weighted by atomic mass is 16.2. The van der Waals surface area contributed by atoms with E-state index in [0.29, 0.717) is 13.1 Å². The summed E-state index contributed by atoms with van der Waals surface area (Å²) in [6, 6.07) is 8.52. The first kappa shape index (κ1) is 22.0. The maximum absolute atomic E-state index is 12.3. The Bertz CT molecular complexity index is 564. The largest absolute Gasteiger partial charge is 0.357 e. The summed E-state index contributed by atoms with van der Waals surface area (Å²) in [5.41, 5.74) is 2.45. The van der Waals surface area contributed by atoms with E-state index in [0.717, 1.165) is 37.7 Å². The molecule has 146 valence electrons. The van der Waals surface area contributed by atoms with Gasteiger partial charge in [-0.15, -0.1) is 0 Å². The average Bonchev–Trinajstić information content (AvgIpc) is 2.60. The molecule has 0 spiro atoms. The molecule has 0 heterocycles. The number of benzene rings is 1. The molecule has 0 aliphatic rings. The molecule has 6 heteroatoms. The van der Waals surface area contributed by atoms with Crippen molar-refractivity contribution in [3.63, 3.8) is 0 Å². The van der Waals surface area contributed by atoms with Gasteiger partial charge in [-0.3, -0.25) is 4.79 Å². The molecule has 0 fully saturated rings. The van der Waals surface area contributed by atoms with Crippen molar-refractivity contribution in [3.05, 3.63) is 35.4 Å². The van der Waals surface area contributed by atoms with E-state index in [-0.39, 0.29) is 5.91 Å². The Morgan fingerprint density at radius 1 is 1.00 bits per heavy atom. The van der Waals surface area contributed by atoms with Crippen molar-refractivity contribution in [2.24, 2.45) is 4.99 Å². The van der Waals surface area contributed by atoms with Gasteiger partial charge in [0.1, 0.15) is 0 Å². The number of aliphatic imine (C=N–C) groups is 1. The fourth-order valence-electron chi connectivity index (χ4n) is 2.71. The Morgan fingerprint density at radius 3 is 2.08 bits per heavy atom. The molecule has 1 amide bonds. The minimum absolute atomic E-state index is 0.121. The number of hydrogen-bond acceptors (Lipinski definition) is 3. The lowest BCUT2D eigenvalue weighted by molar-refractivity contribution is -0.131. The van der Waals surface area contributed by atoms with Gasteiger partial charge < -0.3 is 20.0 Å². The topological polar surface area (TPSA) is 51.2 Å². The fraction of sp³-hybridized carbons (Fsp3) is 0.600. The van der Waals surface area contributed by atoms with Gasteiger partial charge >= 0.3 is 0 Å². The maximum Gasteiger partial charge on any atom is 0.242 e. The van der Waals surface area contributed by atoms with Crippen LogP contribution in [0.25, 0.3) is 0 Å². The van der Waals surface area contributed by atoms with Gasteiger partial charge in [0.15, 0.2) is 5.96 Å². The van der Waals surface area contributed by atoms with Crippen LogP contribution in [0, 0.1) is 0 Å². The highest BCUT2D eigenvalue weighted by molar-refractivity contribution is 5.86. The van der Waals surface area contributed by atoms with E-state index in [1.807, 2.05) is 37.6 Å². The van der Waals surface area contributed by atoms with Crippen LogP contribution in [-0.4, -0.2) is 73.9 Å². The van der Waals surface area contributed by atoms with Crippen LogP contribution in [0.1, 0.15) is 31.9 Å². The van der Waals surface area contributed by atoms with Crippen molar-refractivity contribution in [2.45, 2.75) is 33.9 Å². The smallest absolute Gasteiger partial charge is 0.242 e. The van der Waals surface area contributed by atoms with E-state index in [9.17, 15) is 4.79 Å². The van der Waals surface area contributed by atoms with Crippen molar-refractivity contribution in [3.8, 4) is 0 Å². The van der Waals surface area contributed by atoms with Crippen LogP contribution in [0.15, 0.2) is 29.3 Å². The van der Waals surface area contributed by atoms with Gasteiger partial charge in [0.05, 0.1) is 13.1 Å². The van der Waals surface area contributed by atoms with Crippen LogP contribution >= 0.6 is 0 Å². The molecule has 0 radical (unpaired) electrons. The van der Waals surface area contributed by atoms with Gasteiger partial charge in [-0.25, -0.2) is 4.99 Å². The third-order valence-corrected chi connectivity index (χ3v) is 4.12. The van der Waals surface area contributed by atoms with Gasteiger partial charge in [-0.1, -0.05) is 24.3 Å². The maximum atomic E-state index is 12.3. The first-order chi connectivity index (χ1) is 12.4. The predicted octanol–water partition coefficient (Wildman–Crippen LogP) is 2.01. The first-order valence-corrected chi connectivity index (χ1v) is 9.40. The van der Waals surface area contributed by atoms with Gasteiger partial charge in [0.25, 0.3) is 0 Å². The molecular formula is C20H35N5O. The summed E-state index contributed by atoms with van der Waals surface area (Å²) < 4.78 is 0. The number of carbonyl (C=O) groups excluding carboxylic acids is 1. The predicted molar refractivity (Wildman–Crippen MR) is 109 cm³/mol. The van der Waals surface area contributed by atoms with Crippen LogP contribution in [0.5, 0.6) is 0 Å². The molecule has 1 aromatic carbocycles. The second kappa shape index (κ2) is 11.5. The zero-order chi connectivity index (χ0) is 19.5. The van der Waals surface area contributed by atoms with Crippen molar-refractivity contribution in [2.75, 3.05) is 47.3 Å². The van der Waals surface area contributed by atoms with Crippen LogP contribution in [0.3, 0.4) is 0 Å². The lowest BCUT2D eigenvalue weighted by Gasteiger charge is -2.25. The molecular weight excluding hydrogens is 326 g/mol. The van der Waals surface area contributed by atoms with Crippen molar-refractivity contribution >= 4 is 11.9 Å². The Balaban J connectivity index is 2.74. The standard InChI is InChI=1S/C20H35N5O/c1-7-21-20(24(6)16-19(26)25(8-2)9-3)22-14-17-10-12-18(13-11-17)15-23(4)5/h10-13H,7-9,14-16H2,1-6H3,(H,21,22). The van der Waals surface area contributed by atoms with Gasteiger partial charge in [-0.05, 0) is 46.0 Å². The molecule has 1 N–H and O–H groups in total. The Kier molecular flexibility index (Phi) is 9.73. The molecule has 0 aliphatic heterocycles. The minimum Gasteiger partial charge on any atom is -0.357 e. The van der Waals surface area contributed by atoms with Crippen molar-refractivity contribution in [1.82, 2.24) is 20.0 Å². The quantitative estimate of drug-likeness (QED) is 0.540. The monoisotopic (exact) mass is 361 g/mol. The molecule has 6 nitrogen and oxygen atoms in total. The zero-order valence-corrected chi connectivity index (χ0v) is 17.2. The summed E-state index contributed by atoms with van der Waals surface area (Å²) in [6.07, 6.45) is 0. The number of nitrogens with zero attached hydrogens (tertiary/aromatic N) is 4. The lowest BCUT2D eigenvalue weighted by atomic mass is 10.1. The molecule has 1 rings (SSSR count). The lowest BCUT2D eigenvalue weighted by Crippen LogP contribution is -2.45. The fourth-order valence-corrected chi connectivity index (χ4v) is 2.71. The second-order valence-electron chi connectivity index (χ2n) is 6.65. The normalized spacial score (nSPS) is 11.6. The highest BCUT2D eigenvalue weighted by Crippen LogP contribution is 2.07. The van der Waals surface area contributed by atoms with E-state index in [2.05, 4.69) is 53.6 Å². The third-order valence-electron chi connectivity index (χ3n) is 4.12. The Labute approximate surface area is 158 Å². The van der Waals surface area contributed by atoms with Crippen molar-refractivity contribution in [1.29, 1.82) is 0 Å². The van der Waals surface area contributed by atoms with Gasteiger partial charge in [0.2, 0.25) is 5.91 Å². The molecule has 26 heavy (non-hydrogen) atoms. The Morgan fingerprint density at radius 2 is 1.58 bits per heavy atom. The summed E-state index contributed by atoms with van der Waals surface area (Å²) in [7, 11) is 6.04. The number of likely N-dealkylation sites (N-methyl/N-ethyl adjacent to an activating group) is 2. The number of hydrogen-bond donors (Lipinski definition) is 1. The van der Waals surface area contributed by atoms with Gasteiger partial charge in [0, 0.05) is 33.2 Å². The minimum atomic E-state index is 0.121. The Hall–Kier alpha value is -2.08. The summed E-state index contributed by atoms with van der Waals surface area (Å²) >= 11 is 0. The van der Waals surface area contributed by atoms with Crippen molar-refractivity contribution < 1.29 is 4.79 Å². The highest BCUT2D eigenvalue weighted by Gasteiger charge is 2.14. The number of nitrogens with one attached hydrogen (secondary N) is 1. The van der Waals surface area contributed by atoms with Crippen LogP contribution < -0.4 is 5.32 Å². The molecule has 0 saturated carbocycles. The summed E-state index contributed by atoms with van der Waals surface area (Å²) in [6.45, 7) is 10.1. The molecule has 0 atom stereocenters. The SMILES string of the molecule is CCNC(=NCc1ccc(CN(C)C)cc1)N(C)CC(=O)N(CC)CC. The van der Waals surface area contributed by atoms with Crippen LogP contribution in [0.2, 0.25) is 0 Å². The van der Waals surface area contributed by atoms with E-state index in [1.165, 1.54) is 5.56 Å². The molecule has 0 aliphatic carbocycles. The number of guanidine groups is 1. The molecule has 0 aromatic heterocycles. The summed E-state index contributed by atoms with van der Waals surface area (Å²) in [4.78, 5) is 22.9. The summed E-state index contributed by atoms with van der Waals surface area (Å²) in [5.74, 6) is 0.876. The second-order valence-corrected chi connectivity index (χ2v) is 6.65. The van der Waals surface area contributed by atoms with E-state index < -0.39 is 0 Å². The molecule has 1 aromatic rings. The molecule has 0 unspecified atom stereocenters. The number of carbonyl (C=O) groups is 1. The van der Waals surface area contributed by atoms with E-state index in [1.54, 1.807) is 0 Å². The molecule has 0 saturated heterocycles. The zero-order valence-electron chi connectivity index (χ0n) is 17.2. The van der Waals surface area contributed by atoms with E-state index in [4.69, 9.17) is 0 Å². The number of rotatable bonds is 9. The molecule has 0 bridgehead atoms.